The molecule has 1 aliphatic heterocycles. The maximum Gasteiger partial charge on any atom is 0.262 e. The first-order valence-corrected chi connectivity index (χ1v) is 10.4. The molecule has 0 spiro atoms. The van der Waals surface area contributed by atoms with Crippen LogP contribution < -0.4 is 0 Å². The van der Waals surface area contributed by atoms with Crippen molar-refractivity contribution in [1.29, 1.82) is 0 Å². The molecule has 0 aromatic heterocycles. The quantitative estimate of drug-likeness (QED) is 0.301. The van der Waals surface area contributed by atoms with Gasteiger partial charge in [-0.3, -0.25) is 14.5 Å². The summed E-state index contributed by atoms with van der Waals surface area (Å²) in [4.78, 5) is 28.9. The van der Waals surface area contributed by atoms with Crippen molar-refractivity contribution >= 4 is 23.4 Å². The van der Waals surface area contributed by atoms with Crippen molar-refractivity contribution in [2.24, 2.45) is 0 Å². The molecule has 3 nitrogen and oxygen atoms in total. The normalized spacial score (nSPS) is 13.4. The van der Waals surface area contributed by atoms with Crippen molar-refractivity contribution in [3.05, 3.63) is 142 Å². The molecule has 4 aromatic carbocycles. The molecule has 5 rings (SSSR count). The highest BCUT2D eigenvalue weighted by atomic mass is 35.5. The monoisotopic (exact) mass is 423 g/mol. The summed E-state index contributed by atoms with van der Waals surface area (Å²) in [6.45, 7) is 0. The lowest BCUT2D eigenvalue weighted by Crippen LogP contribution is -2.51. The van der Waals surface area contributed by atoms with Crippen LogP contribution in [0.25, 0.3) is 0 Å². The summed E-state index contributed by atoms with van der Waals surface area (Å²) in [6, 6.07) is 33.5. The topological polar surface area (TPSA) is 37.4 Å². The molecule has 31 heavy (non-hydrogen) atoms. The number of rotatable bonds is 4. The smallest absolute Gasteiger partial charge is 0.262 e. The Hall–Kier alpha value is -3.69. The number of hydrogen-bond acceptors (Lipinski definition) is 2. The van der Waals surface area contributed by atoms with Gasteiger partial charge in [-0.2, -0.15) is 0 Å². The van der Waals surface area contributed by atoms with Gasteiger partial charge in [0.05, 0.1) is 11.1 Å². The van der Waals surface area contributed by atoms with Crippen LogP contribution in [0, 0.1) is 0 Å². The molecule has 1 aliphatic rings. The fourth-order valence-electron chi connectivity index (χ4n) is 4.46. The SMILES string of the molecule is O=C1c2ccccc2C(=O)N1C(c1ccccc1)(c1ccccc1)c1ccccc1Cl. The maximum absolute atomic E-state index is 13.7. The number of halogens is 1. The van der Waals surface area contributed by atoms with Crippen LogP contribution >= 0.6 is 11.6 Å². The third-order valence-corrected chi connectivity index (χ3v) is 6.11. The van der Waals surface area contributed by atoms with Gasteiger partial charge in [-0.05, 0) is 29.3 Å². The van der Waals surface area contributed by atoms with Crippen LogP contribution in [0.3, 0.4) is 0 Å². The molecule has 0 aliphatic carbocycles. The van der Waals surface area contributed by atoms with E-state index in [1.165, 1.54) is 4.90 Å². The van der Waals surface area contributed by atoms with Crippen molar-refractivity contribution in [2.45, 2.75) is 5.54 Å². The molecule has 0 bridgehead atoms. The zero-order valence-electron chi connectivity index (χ0n) is 16.5. The van der Waals surface area contributed by atoms with Crippen LogP contribution in [-0.2, 0) is 5.54 Å². The Morgan fingerprint density at radius 3 is 1.45 bits per heavy atom. The van der Waals surface area contributed by atoms with Crippen molar-refractivity contribution in [1.82, 2.24) is 4.90 Å². The van der Waals surface area contributed by atoms with Gasteiger partial charge in [0.1, 0.15) is 5.54 Å². The molecule has 2 amide bonds. The Morgan fingerprint density at radius 2 is 0.968 bits per heavy atom. The summed E-state index contributed by atoms with van der Waals surface area (Å²) in [5, 5.41) is 0.478. The van der Waals surface area contributed by atoms with Crippen LogP contribution in [0.4, 0.5) is 0 Å². The number of carbonyl (C=O) groups is 2. The molecule has 150 valence electrons. The standard InChI is InChI=1S/C27H18ClNO2/c28-24-18-10-9-17-23(24)27(19-11-3-1-4-12-19,20-13-5-2-6-14-20)29-25(30)21-15-7-8-16-22(21)26(29)31/h1-18H. The lowest BCUT2D eigenvalue weighted by Gasteiger charge is -2.42. The van der Waals surface area contributed by atoms with E-state index >= 15 is 0 Å². The van der Waals surface area contributed by atoms with E-state index in [9.17, 15) is 9.59 Å². The highest BCUT2D eigenvalue weighted by Crippen LogP contribution is 2.48. The number of hydrogen-bond donors (Lipinski definition) is 0. The number of amides is 2. The number of benzene rings is 4. The molecule has 4 heteroatoms. The van der Waals surface area contributed by atoms with E-state index in [0.29, 0.717) is 21.7 Å². The van der Waals surface area contributed by atoms with Gasteiger partial charge in [-0.25, -0.2) is 0 Å². The number of fused-ring (bicyclic) bond motifs is 1. The Labute approximate surface area is 185 Å². The number of imide groups is 1. The molecule has 0 fully saturated rings. The summed E-state index contributed by atoms with van der Waals surface area (Å²) in [5.74, 6) is -0.679. The predicted octanol–water partition coefficient (Wildman–Crippen LogP) is 5.93. The van der Waals surface area contributed by atoms with Gasteiger partial charge in [-0.1, -0.05) is 103 Å². The number of carbonyl (C=O) groups excluding carboxylic acids is 2. The Bertz CT molecular complexity index is 1210. The first kappa shape index (κ1) is 19.3. The highest BCUT2D eigenvalue weighted by Gasteiger charge is 2.52. The Balaban J connectivity index is 1.92. The van der Waals surface area contributed by atoms with Gasteiger partial charge >= 0.3 is 0 Å². The zero-order chi connectivity index (χ0) is 21.4. The first-order valence-electron chi connectivity index (χ1n) is 9.99. The van der Waals surface area contributed by atoms with E-state index in [1.807, 2.05) is 78.9 Å². The molecular formula is C27H18ClNO2. The molecule has 0 saturated carbocycles. The summed E-state index contributed by atoms with van der Waals surface area (Å²) >= 11 is 6.74. The Morgan fingerprint density at radius 1 is 0.548 bits per heavy atom. The minimum absolute atomic E-state index is 0.340. The van der Waals surface area contributed by atoms with E-state index in [1.54, 1.807) is 30.3 Å². The van der Waals surface area contributed by atoms with E-state index in [-0.39, 0.29) is 11.8 Å². The first-order chi connectivity index (χ1) is 15.2. The van der Waals surface area contributed by atoms with E-state index < -0.39 is 5.54 Å². The molecule has 1 heterocycles. The minimum Gasteiger partial charge on any atom is -0.269 e. The molecule has 0 radical (unpaired) electrons. The van der Waals surface area contributed by atoms with Gasteiger partial charge in [0.2, 0.25) is 0 Å². The minimum atomic E-state index is -1.23. The van der Waals surface area contributed by atoms with Crippen molar-refractivity contribution < 1.29 is 9.59 Å². The van der Waals surface area contributed by atoms with Crippen LogP contribution in [0.1, 0.15) is 37.4 Å². The zero-order valence-corrected chi connectivity index (χ0v) is 17.3. The third kappa shape index (κ3) is 2.82. The summed E-state index contributed by atoms with van der Waals surface area (Å²) in [7, 11) is 0. The van der Waals surface area contributed by atoms with Crippen LogP contribution in [-0.4, -0.2) is 16.7 Å². The second-order valence-corrected chi connectivity index (χ2v) is 7.82. The van der Waals surface area contributed by atoms with E-state index in [4.69, 9.17) is 11.6 Å². The fourth-order valence-corrected chi connectivity index (χ4v) is 4.74. The second kappa shape index (κ2) is 7.53. The average molecular weight is 424 g/mol. The van der Waals surface area contributed by atoms with E-state index in [2.05, 4.69) is 0 Å². The van der Waals surface area contributed by atoms with Crippen LogP contribution in [0.15, 0.2) is 109 Å². The molecule has 0 saturated heterocycles. The fraction of sp³-hybridized carbons (Fsp3) is 0.0370. The lowest BCUT2D eigenvalue weighted by atomic mass is 9.75. The van der Waals surface area contributed by atoms with Crippen molar-refractivity contribution in [3.63, 3.8) is 0 Å². The van der Waals surface area contributed by atoms with Crippen LogP contribution in [0.5, 0.6) is 0 Å². The molecule has 0 atom stereocenters. The van der Waals surface area contributed by atoms with Gasteiger partial charge in [-0.15, -0.1) is 0 Å². The van der Waals surface area contributed by atoms with E-state index in [0.717, 1.165) is 11.1 Å². The highest BCUT2D eigenvalue weighted by molar-refractivity contribution is 6.32. The maximum atomic E-state index is 13.7. The predicted molar refractivity (Wildman–Crippen MR) is 121 cm³/mol. The third-order valence-electron chi connectivity index (χ3n) is 5.78. The van der Waals surface area contributed by atoms with Crippen molar-refractivity contribution in [2.75, 3.05) is 0 Å². The molecule has 0 N–H and O–H groups in total. The molecule has 0 unspecified atom stereocenters. The average Bonchev–Trinajstić information content (AvgIpc) is 3.08. The summed E-state index contributed by atoms with van der Waals surface area (Å²) in [6.07, 6.45) is 0. The van der Waals surface area contributed by atoms with Gasteiger partial charge < -0.3 is 0 Å². The molecule has 4 aromatic rings. The largest absolute Gasteiger partial charge is 0.269 e. The lowest BCUT2D eigenvalue weighted by molar-refractivity contribution is 0.0531. The Kier molecular flexibility index (Phi) is 4.68. The van der Waals surface area contributed by atoms with Gasteiger partial charge in [0, 0.05) is 10.6 Å². The number of nitrogens with zero attached hydrogens (tertiary/aromatic N) is 1. The van der Waals surface area contributed by atoms with Gasteiger partial charge in [0.15, 0.2) is 0 Å². The van der Waals surface area contributed by atoms with Gasteiger partial charge in [0.25, 0.3) is 11.8 Å². The van der Waals surface area contributed by atoms with Crippen LogP contribution in [0.2, 0.25) is 5.02 Å². The van der Waals surface area contributed by atoms with Crippen molar-refractivity contribution in [3.8, 4) is 0 Å². The summed E-state index contributed by atoms with van der Waals surface area (Å²) in [5.41, 5.74) is 1.80. The summed E-state index contributed by atoms with van der Waals surface area (Å²) < 4.78 is 0. The molecular weight excluding hydrogens is 406 g/mol. The second-order valence-electron chi connectivity index (χ2n) is 7.41.